The van der Waals surface area contributed by atoms with Crippen LogP contribution in [-0.2, 0) is 9.59 Å². The molecule has 2 heterocycles. The summed E-state index contributed by atoms with van der Waals surface area (Å²) in [5, 5.41) is 12.9. The van der Waals surface area contributed by atoms with Gasteiger partial charge in [-0.25, -0.2) is 4.79 Å². The van der Waals surface area contributed by atoms with Crippen LogP contribution in [-0.4, -0.2) is 48.9 Å². The number of hydrogen-bond acceptors (Lipinski definition) is 6. The number of amides is 4. The summed E-state index contributed by atoms with van der Waals surface area (Å²) >= 11 is 1.19. The number of aromatic nitrogens is 3. The van der Waals surface area contributed by atoms with Gasteiger partial charge in [0.1, 0.15) is 5.54 Å². The Labute approximate surface area is 213 Å². The minimum atomic E-state index is -0.903. The van der Waals surface area contributed by atoms with Crippen molar-refractivity contribution in [2.75, 3.05) is 5.75 Å². The highest BCUT2D eigenvalue weighted by Gasteiger charge is 2.52. The van der Waals surface area contributed by atoms with Gasteiger partial charge in [-0.15, -0.1) is 10.2 Å². The molecule has 0 bridgehead atoms. The quantitative estimate of drug-likeness (QED) is 0.390. The van der Waals surface area contributed by atoms with Gasteiger partial charge in [0.2, 0.25) is 5.91 Å². The molecule has 10 heteroatoms. The van der Waals surface area contributed by atoms with Crippen LogP contribution in [0, 0.1) is 12.8 Å². The molecule has 5 rings (SSSR count). The summed E-state index contributed by atoms with van der Waals surface area (Å²) in [6, 6.07) is 17.1. The molecule has 36 heavy (non-hydrogen) atoms. The van der Waals surface area contributed by atoms with Crippen LogP contribution in [0.15, 0.2) is 59.8 Å². The maximum Gasteiger partial charge on any atom is 0.344 e. The SMILES string of the molecule is Cc1ccc(-n2c(SCC(=O)NN3C(=O)NC4(CCC(C)CC4)C3=O)nnc2-c2ccccc2)cc1. The van der Waals surface area contributed by atoms with Gasteiger partial charge in [-0.1, -0.05) is 66.7 Å². The number of hydrazine groups is 1. The van der Waals surface area contributed by atoms with E-state index in [1.54, 1.807) is 0 Å². The number of thioether (sulfide) groups is 1. The van der Waals surface area contributed by atoms with E-state index in [2.05, 4.69) is 27.9 Å². The molecule has 2 aromatic carbocycles. The standard InChI is InChI=1S/C26H28N6O3S/c1-17-8-10-20(11-9-17)31-22(19-6-4-3-5-7-19)28-29-25(31)36-16-21(33)30-32-23(34)26(27-24(32)35)14-12-18(2)13-15-26/h3-11,18H,12-16H2,1-2H3,(H,27,35)(H,30,33). The minimum absolute atomic E-state index is 0.0418. The third kappa shape index (κ3) is 4.60. The molecular weight excluding hydrogens is 476 g/mol. The molecule has 2 aliphatic rings. The number of imide groups is 1. The summed E-state index contributed by atoms with van der Waals surface area (Å²) in [6.07, 6.45) is 2.90. The van der Waals surface area contributed by atoms with Crippen molar-refractivity contribution in [2.24, 2.45) is 5.92 Å². The number of nitrogens with one attached hydrogen (secondary N) is 2. The van der Waals surface area contributed by atoms with Crippen LogP contribution in [0.5, 0.6) is 0 Å². The minimum Gasteiger partial charge on any atom is -0.322 e. The molecule has 1 saturated carbocycles. The molecule has 2 fully saturated rings. The Morgan fingerprint density at radius 3 is 2.47 bits per heavy atom. The maximum atomic E-state index is 13.0. The fraction of sp³-hybridized carbons (Fsp3) is 0.346. The summed E-state index contributed by atoms with van der Waals surface area (Å²) in [4.78, 5) is 38.3. The largest absolute Gasteiger partial charge is 0.344 e. The third-order valence-corrected chi connectivity index (χ3v) is 7.74. The van der Waals surface area contributed by atoms with Crippen LogP contribution in [0.25, 0.3) is 17.1 Å². The Morgan fingerprint density at radius 1 is 1.08 bits per heavy atom. The lowest BCUT2D eigenvalue weighted by atomic mass is 9.77. The van der Waals surface area contributed by atoms with E-state index in [9.17, 15) is 14.4 Å². The Bertz CT molecular complexity index is 1280. The second-order valence-electron chi connectivity index (χ2n) is 9.50. The van der Waals surface area contributed by atoms with Gasteiger partial charge in [-0.2, -0.15) is 5.01 Å². The lowest BCUT2D eigenvalue weighted by Gasteiger charge is -2.33. The predicted octanol–water partition coefficient (Wildman–Crippen LogP) is 3.87. The highest BCUT2D eigenvalue weighted by Crippen LogP contribution is 2.36. The maximum absolute atomic E-state index is 13.0. The Balaban J connectivity index is 1.31. The van der Waals surface area contributed by atoms with E-state index in [-0.39, 0.29) is 11.7 Å². The van der Waals surface area contributed by atoms with Gasteiger partial charge in [0.25, 0.3) is 5.91 Å². The van der Waals surface area contributed by atoms with Crippen LogP contribution in [0.1, 0.15) is 38.2 Å². The first kappa shape index (κ1) is 24.1. The summed E-state index contributed by atoms with van der Waals surface area (Å²) < 4.78 is 1.90. The summed E-state index contributed by atoms with van der Waals surface area (Å²) in [5.41, 5.74) is 4.48. The summed E-state index contributed by atoms with van der Waals surface area (Å²) in [6.45, 7) is 4.16. The van der Waals surface area contributed by atoms with Gasteiger partial charge in [0, 0.05) is 11.3 Å². The number of carbonyl (C=O) groups is 3. The normalized spacial score (nSPS) is 21.6. The van der Waals surface area contributed by atoms with E-state index in [1.807, 2.05) is 66.1 Å². The van der Waals surface area contributed by atoms with Crippen LogP contribution >= 0.6 is 11.8 Å². The fourth-order valence-corrected chi connectivity index (χ4v) is 5.41. The van der Waals surface area contributed by atoms with Gasteiger partial charge in [0.15, 0.2) is 11.0 Å². The number of nitrogens with zero attached hydrogens (tertiary/aromatic N) is 4. The first-order chi connectivity index (χ1) is 17.4. The van der Waals surface area contributed by atoms with Crippen LogP contribution in [0.3, 0.4) is 0 Å². The predicted molar refractivity (Wildman–Crippen MR) is 136 cm³/mol. The van der Waals surface area contributed by atoms with Crippen molar-refractivity contribution in [3.63, 3.8) is 0 Å². The highest BCUT2D eigenvalue weighted by atomic mass is 32.2. The van der Waals surface area contributed by atoms with Crippen molar-refractivity contribution < 1.29 is 14.4 Å². The molecule has 0 unspecified atom stereocenters. The molecule has 1 aliphatic heterocycles. The summed E-state index contributed by atoms with van der Waals surface area (Å²) in [7, 11) is 0. The van der Waals surface area contributed by atoms with Crippen molar-refractivity contribution in [3.8, 4) is 17.1 Å². The second kappa shape index (κ2) is 9.77. The molecule has 3 aromatic rings. The van der Waals surface area contributed by atoms with Crippen LogP contribution in [0.4, 0.5) is 4.79 Å². The average Bonchev–Trinajstić information content (AvgIpc) is 3.40. The third-order valence-electron chi connectivity index (χ3n) is 6.82. The molecular formula is C26H28N6O3S. The zero-order valence-corrected chi connectivity index (χ0v) is 21.0. The second-order valence-corrected chi connectivity index (χ2v) is 10.4. The summed E-state index contributed by atoms with van der Waals surface area (Å²) in [5.74, 6) is 0.285. The number of hydrogen-bond donors (Lipinski definition) is 2. The molecule has 186 valence electrons. The highest BCUT2D eigenvalue weighted by molar-refractivity contribution is 7.99. The molecule has 0 atom stereocenters. The van der Waals surface area contributed by atoms with E-state index in [0.717, 1.165) is 34.7 Å². The zero-order chi connectivity index (χ0) is 25.3. The van der Waals surface area contributed by atoms with E-state index in [1.165, 1.54) is 11.8 Å². The molecule has 9 nitrogen and oxygen atoms in total. The van der Waals surface area contributed by atoms with Crippen LogP contribution < -0.4 is 10.7 Å². The Hall–Kier alpha value is -3.66. The number of benzene rings is 2. The van der Waals surface area contributed by atoms with Gasteiger partial charge in [-0.3, -0.25) is 19.6 Å². The molecule has 4 amide bonds. The van der Waals surface area contributed by atoms with Crippen molar-refractivity contribution in [2.45, 2.75) is 50.2 Å². The number of carbonyl (C=O) groups excluding carboxylic acids is 3. The van der Waals surface area contributed by atoms with Crippen molar-refractivity contribution >= 4 is 29.6 Å². The van der Waals surface area contributed by atoms with E-state index in [0.29, 0.717) is 29.7 Å². The number of aryl methyl sites for hydroxylation is 1. The Kier molecular flexibility index (Phi) is 6.53. The van der Waals surface area contributed by atoms with Gasteiger partial charge in [0.05, 0.1) is 5.75 Å². The molecule has 2 N–H and O–H groups in total. The number of rotatable bonds is 6. The van der Waals surface area contributed by atoms with Gasteiger partial charge < -0.3 is 5.32 Å². The van der Waals surface area contributed by atoms with E-state index >= 15 is 0 Å². The molecule has 1 spiro atoms. The smallest absolute Gasteiger partial charge is 0.322 e. The van der Waals surface area contributed by atoms with Gasteiger partial charge >= 0.3 is 6.03 Å². The lowest BCUT2D eigenvalue weighted by molar-refractivity contribution is -0.139. The molecule has 1 aromatic heterocycles. The first-order valence-electron chi connectivity index (χ1n) is 12.0. The van der Waals surface area contributed by atoms with E-state index < -0.39 is 17.5 Å². The first-order valence-corrected chi connectivity index (χ1v) is 13.0. The monoisotopic (exact) mass is 504 g/mol. The van der Waals surface area contributed by atoms with Gasteiger partial charge in [-0.05, 0) is 50.7 Å². The van der Waals surface area contributed by atoms with Crippen LogP contribution in [0.2, 0.25) is 0 Å². The zero-order valence-electron chi connectivity index (χ0n) is 20.2. The fourth-order valence-electron chi connectivity index (χ4n) is 4.67. The topological polar surface area (TPSA) is 109 Å². The molecule has 0 radical (unpaired) electrons. The number of urea groups is 1. The van der Waals surface area contributed by atoms with Crippen molar-refractivity contribution in [1.29, 1.82) is 0 Å². The molecule has 1 saturated heterocycles. The lowest BCUT2D eigenvalue weighted by Crippen LogP contribution is -2.51. The molecule has 1 aliphatic carbocycles. The van der Waals surface area contributed by atoms with Crippen molar-refractivity contribution in [3.05, 3.63) is 60.2 Å². The van der Waals surface area contributed by atoms with E-state index in [4.69, 9.17) is 0 Å². The Morgan fingerprint density at radius 2 is 1.78 bits per heavy atom. The van der Waals surface area contributed by atoms with Crippen molar-refractivity contribution in [1.82, 2.24) is 30.5 Å². The average molecular weight is 505 g/mol.